The summed E-state index contributed by atoms with van der Waals surface area (Å²) in [7, 11) is 0. The van der Waals surface area contributed by atoms with E-state index in [0.29, 0.717) is 33.3 Å². The third kappa shape index (κ3) is 5.61. The maximum Gasteiger partial charge on any atom is 0.159 e. The largest absolute Gasteiger partial charge is 0.393 e. The zero-order valence-corrected chi connectivity index (χ0v) is 19.8. The van der Waals surface area contributed by atoms with Gasteiger partial charge in [0.05, 0.1) is 12.0 Å². The molecule has 0 bridgehead atoms. The molecule has 3 aromatic rings. The Labute approximate surface area is 198 Å². The smallest absolute Gasteiger partial charge is 0.159 e. The lowest BCUT2D eigenvalue weighted by atomic mass is 9.91. The van der Waals surface area contributed by atoms with Crippen molar-refractivity contribution in [1.29, 1.82) is 5.26 Å². The van der Waals surface area contributed by atoms with Gasteiger partial charge in [-0.05, 0) is 54.2 Å². The van der Waals surface area contributed by atoms with E-state index < -0.39 is 5.92 Å². The number of aryl methyl sites for hydroxylation is 1. The molecule has 1 heterocycles. The van der Waals surface area contributed by atoms with Gasteiger partial charge in [0.2, 0.25) is 0 Å². The van der Waals surface area contributed by atoms with E-state index in [0.717, 1.165) is 35.3 Å². The molecule has 2 aromatic carbocycles. The lowest BCUT2D eigenvalue weighted by Gasteiger charge is -2.17. The van der Waals surface area contributed by atoms with Gasteiger partial charge in [0.25, 0.3) is 0 Å². The van der Waals surface area contributed by atoms with Gasteiger partial charge in [-0.3, -0.25) is 0 Å². The number of halogens is 2. The molecule has 166 valence electrons. The number of nitrogens with one attached hydrogen (secondary N) is 2. The molecule has 0 aliphatic rings. The summed E-state index contributed by atoms with van der Waals surface area (Å²) in [6, 6.07) is 13.2. The Morgan fingerprint density at radius 2 is 1.78 bits per heavy atom. The molecule has 4 N–H and O–H groups in total. The van der Waals surface area contributed by atoms with E-state index in [1.807, 2.05) is 25.1 Å². The highest BCUT2D eigenvalue weighted by molar-refractivity contribution is 6.32. The second kappa shape index (κ2) is 10.5. The quantitative estimate of drug-likeness (QED) is 0.347. The molecule has 0 saturated heterocycles. The SMILES string of the molecule is Cc1cc(C(C#N)c2ccc(Cl)cc2)c(Cl)cc1Nc1ncnc(NCCC(C)C)c1N. The summed E-state index contributed by atoms with van der Waals surface area (Å²) in [4.78, 5) is 8.53. The van der Waals surface area contributed by atoms with E-state index >= 15 is 0 Å². The Morgan fingerprint density at radius 3 is 2.44 bits per heavy atom. The van der Waals surface area contributed by atoms with Crippen LogP contribution in [-0.2, 0) is 0 Å². The van der Waals surface area contributed by atoms with Crippen molar-refractivity contribution in [2.45, 2.75) is 33.1 Å². The van der Waals surface area contributed by atoms with Gasteiger partial charge in [0.1, 0.15) is 12.0 Å². The van der Waals surface area contributed by atoms with Gasteiger partial charge in [-0.2, -0.15) is 5.26 Å². The van der Waals surface area contributed by atoms with Crippen LogP contribution in [0, 0.1) is 24.2 Å². The lowest BCUT2D eigenvalue weighted by Crippen LogP contribution is -2.11. The molecule has 0 fully saturated rings. The Bertz CT molecular complexity index is 1120. The summed E-state index contributed by atoms with van der Waals surface area (Å²) in [6.07, 6.45) is 2.48. The minimum atomic E-state index is -0.506. The van der Waals surface area contributed by atoms with E-state index in [9.17, 15) is 5.26 Å². The van der Waals surface area contributed by atoms with Crippen molar-refractivity contribution in [1.82, 2.24) is 9.97 Å². The average Bonchev–Trinajstić information content (AvgIpc) is 2.75. The van der Waals surface area contributed by atoms with Crippen LogP contribution < -0.4 is 16.4 Å². The number of nitrogens with two attached hydrogens (primary N) is 1. The first-order valence-electron chi connectivity index (χ1n) is 10.4. The predicted molar refractivity (Wildman–Crippen MR) is 133 cm³/mol. The first-order valence-corrected chi connectivity index (χ1v) is 11.1. The number of nitrogens with zero attached hydrogens (tertiary/aromatic N) is 3. The monoisotopic (exact) mass is 468 g/mol. The van der Waals surface area contributed by atoms with Gasteiger partial charge in [0, 0.05) is 22.3 Å². The van der Waals surface area contributed by atoms with Crippen LogP contribution in [0.5, 0.6) is 0 Å². The number of rotatable bonds is 8. The van der Waals surface area contributed by atoms with Crippen molar-refractivity contribution in [2.24, 2.45) is 5.92 Å². The van der Waals surface area contributed by atoms with Crippen molar-refractivity contribution >= 4 is 46.2 Å². The van der Waals surface area contributed by atoms with Crippen molar-refractivity contribution in [3.8, 4) is 6.07 Å². The molecule has 1 unspecified atom stereocenters. The molecule has 0 amide bonds. The number of nitriles is 1. The van der Waals surface area contributed by atoms with Crippen molar-refractivity contribution in [3.63, 3.8) is 0 Å². The number of aromatic nitrogens is 2. The van der Waals surface area contributed by atoms with E-state index in [4.69, 9.17) is 28.9 Å². The van der Waals surface area contributed by atoms with Gasteiger partial charge < -0.3 is 16.4 Å². The standard InChI is InChI=1S/C24H26Cl2N6/c1-14(2)8-9-29-23-22(28)24(31-13-30-23)32-21-11-20(26)18(10-15(21)3)19(12-27)16-4-6-17(25)7-5-16/h4-7,10-11,13-14,19H,8-9,28H2,1-3H3,(H2,29,30,31,32). The molecule has 0 aliphatic carbocycles. The first kappa shape index (κ1) is 23.6. The maximum absolute atomic E-state index is 9.80. The Morgan fingerprint density at radius 1 is 1.09 bits per heavy atom. The van der Waals surface area contributed by atoms with Crippen molar-refractivity contribution < 1.29 is 0 Å². The molecule has 0 saturated carbocycles. The van der Waals surface area contributed by atoms with Crippen LogP contribution in [0.25, 0.3) is 0 Å². The number of hydrogen-bond acceptors (Lipinski definition) is 6. The summed E-state index contributed by atoms with van der Waals surface area (Å²) >= 11 is 12.6. The van der Waals surface area contributed by atoms with Gasteiger partial charge >= 0.3 is 0 Å². The highest BCUT2D eigenvalue weighted by Crippen LogP contribution is 2.36. The lowest BCUT2D eigenvalue weighted by molar-refractivity contribution is 0.606. The first-order chi connectivity index (χ1) is 15.3. The summed E-state index contributed by atoms with van der Waals surface area (Å²) in [6.45, 7) is 7.05. The van der Waals surface area contributed by atoms with Crippen LogP contribution in [0.15, 0.2) is 42.7 Å². The maximum atomic E-state index is 9.80. The number of anilines is 4. The van der Waals surface area contributed by atoms with Crippen LogP contribution in [0.3, 0.4) is 0 Å². The Kier molecular flexibility index (Phi) is 7.79. The average molecular weight is 469 g/mol. The molecule has 0 aliphatic heterocycles. The predicted octanol–water partition coefficient (Wildman–Crippen LogP) is 6.53. The van der Waals surface area contributed by atoms with Crippen molar-refractivity contribution in [3.05, 3.63) is 69.5 Å². The molecule has 0 radical (unpaired) electrons. The minimum Gasteiger partial charge on any atom is -0.393 e. The molecule has 1 atom stereocenters. The molecule has 1 aromatic heterocycles. The number of nitrogen functional groups attached to an aromatic ring is 1. The normalized spacial score (nSPS) is 11.8. The Balaban J connectivity index is 1.86. The fraction of sp³-hybridized carbons (Fsp3) is 0.292. The molecule has 0 spiro atoms. The van der Waals surface area contributed by atoms with E-state index in [2.05, 4.69) is 40.5 Å². The van der Waals surface area contributed by atoms with Gasteiger partial charge in [-0.1, -0.05) is 55.2 Å². The van der Waals surface area contributed by atoms with Crippen LogP contribution in [0.2, 0.25) is 10.0 Å². The second-order valence-corrected chi connectivity index (χ2v) is 8.86. The van der Waals surface area contributed by atoms with Gasteiger partial charge in [-0.15, -0.1) is 0 Å². The van der Waals surface area contributed by atoms with Crippen LogP contribution in [-0.4, -0.2) is 16.5 Å². The Hall–Kier alpha value is -3.01. The molecule has 3 rings (SSSR count). The summed E-state index contributed by atoms with van der Waals surface area (Å²) < 4.78 is 0. The van der Waals surface area contributed by atoms with Crippen LogP contribution in [0.1, 0.15) is 42.9 Å². The highest BCUT2D eigenvalue weighted by Gasteiger charge is 2.19. The van der Waals surface area contributed by atoms with Crippen molar-refractivity contribution in [2.75, 3.05) is 22.9 Å². The fourth-order valence-electron chi connectivity index (χ4n) is 3.28. The topological polar surface area (TPSA) is 99.6 Å². The zero-order chi connectivity index (χ0) is 23.3. The molecule has 6 nitrogen and oxygen atoms in total. The molecular weight excluding hydrogens is 443 g/mol. The van der Waals surface area contributed by atoms with E-state index in [-0.39, 0.29) is 0 Å². The third-order valence-corrected chi connectivity index (χ3v) is 5.72. The molecule has 32 heavy (non-hydrogen) atoms. The minimum absolute atomic E-state index is 0.437. The number of hydrogen-bond donors (Lipinski definition) is 3. The van der Waals surface area contributed by atoms with E-state index in [1.54, 1.807) is 18.2 Å². The summed E-state index contributed by atoms with van der Waals surface area (Å²) in [5.74, 6) is 1.16. The fourth-order valence-corrected chi connectivity index (χ4v) is 3.68. The summed E-state index contributed by atoms with van der Waals surface area (Å²) in [5, 5.41) is 17.4. The van der Waals surface area contributed by atoms with Crippen LogP contribution >= 0.6 is 23.2 Å². The van der Waals surface area contributed by atoms with Gasteiger partial charge in [0.15, 0.2) is 11.6 Å². The third-order valence-electron chi connectivity index (χ3n) is 5.14. The van der Waals surface area contributed by atoms with E-state index in [1.165, 1.54) is 6.33 Å². The number of benzene rings is 2. The molecular formula is C24H26Cl2N6. The second-order valence-electron chi connectivity index (χ2n) is 8.02. The highest BCUT2D eigenvalue weighted by atomic mass is 35.5. The van der Waals surface area contributed by atoms with Crippen LogP contribution in [0.4, 0.5) is 23.0 Å². The zero-order valence-electron chi connectivity index (χ0n) is 18.3. The van der Waals surface area contributed by atoms with Gasteiger partial charge in [-0.25, -0.2) is 9.97 Å². The molecule has 8 heteroatoms. The summed E-state index contributed by atoms with van der Waals surface area (Å²) in [5.41, 5.74) is 9.94.